The van der Waals surface area contributed by atoms with Gasteiger partial charge in [-0.2, -0.15) is 0 Å². The first-order valence-corrected chi connectivity index (χ1v) is 8.28. The van der Waals surface area contributed by atoms with E-state index in [1.54, 1.807) is 0 Å². The molecule has 0 aromatic carbocycles. The molecule has 3 nitrogen and oxygen atoms in total. The van der Waals surface area contributed by atoms with Crippen molar-refractivity contribution in [1.29, 1.82) is 0 Å². The van der Waals surface area contributed by atoms with Gasteiger partial charge in [-0.15, -0.1) is 11.3 Å². The number of nitrogens with one attached hydrogen (secondary N) is 1. The number of aryl methyl sites for hydroxylation is 2. The molecule has 2 heterocycles. The summed E-state index contributed by atoms with van der Waals surface area (Å²) < 4.78 is 0. The Hall–Kier alpha value is -0.450. The van der Waals surface area contributed by atoms with Gasteiger partial charge in [-0.3, -0.25) is 4.90 Å². The van der Waals surface area contributed by atoms with Crippen molar-refractivity contribution in [3.05, 3.63) is 15.6 Å². The van der Waals surface area contributed by atoms with E-state index >= 15 is 0 Å². The van der Waals surface area contributed by atoms with Gasteiger partial charge >= 0.3 is 0 Å². The highest BCUT2D eigenvalue weighted by Crippen LogP contribution is 2.21. The standard InChI is InChI=1S/C15H27N3S/c1-11(2)18(9-14-7-5-6-8-16-14)10-15-12(3)17-13(4)19-15/h11,14,16H,5-10H2,1-4H3. The van der Waals surface area contributed by atoms with E-state index in [1.807, 2.05) is 11.3 Å². The average molecular weight is 281 g/mol. The number of aromatic nitrogens is 1. The summed E-state index contributed by atoms with van der Waals surface area (Å²) in [6.45, 7) is 12.2. The lowest BCUT2D eigenvalue weighted by Crippen LogP contribution is -2.45. The van der Waals surface area contributed by atoms with Gasteiger partial charge in [0.25, 0.3) is 0 Å². The maximum atomic E-state index is 4.55. The van der Waals surface area contributed by atoms with Crippen molar-refractivity contribution >= 4 is 11.3 Å². The van der Waals surface area contributed by atoms with E-state index in [0.29, 0.717) is 12.1 Å². The van der Waals surface area contributed by atoms with Crippen LogP contribution in [0.2, 0.25) is 0 Å². The summed E-state index contributed by atoms with van der Waals surface area (Å²) in [5, 5.41) is 4.84. The third kappa shape index (κ3) is 4.26. The summed E-state index contributed by atoms with van der Waals surface area (Å²) in [5.74, 6) is 0. The van der Waals surface area contributed by atoms with Crippen LogP contribution in [0.3, 0.4) is 0 Å². The fourth-order valence-electron chi connectivity index (χ4n) is 2.73. The number of nitrogens with zero attached hydrogens (tertiary/aromatic N) is 2. The van der Waals surface area contributed by atoms with Crippen LogP contribution in [0, 0.1) is 13.8 Å². The van der Waals surface area contributed by atoms with Crippen molar-refractivity contribution in [1.82, 2.24) is 15.2 Å². The second kappa shape index (κ2) is 6.82. The van der Waals surface area contributed by atoms with E-state index in [2.05, 4.69) is 42.9 Å². The van der Waals surface area contributed by atoms with E-state index in [1.165, 1.54) is 41.4 Å². The molecular formula is C15H27N3S. The molecular weight excluding hydrogens is 254 g/mol. The van der Waals surface area contributed by atoms with Crippen LogP contribution in [0.5, 0.6) is 0 Å². The van der Waals surface area contributed by atoms with Crippen molar-refractivity contribution in [3.8, 4) is 0 Å². The lowest BCUT2D eigenvalue weighted by molar-refractivity contribution is 0.178. The third-order valence-corrected chi connectivity index (χ3v) is 5.00. The number of thiazole rings is 1. The van der Waals surface area contributed by atoms with Gasteiger partial charge in [0.05, 0.1) is 10.7 Å². The second-order valence-corrected chi connectivity index (χ2v) is 7.20. The molecule has 1 aliphatic heterocycles. The van der Waals surface area contributed by atoms with Crippen LogP contribution in [0.4, 0.5) is 0 Å². The van der Waals surface area contributed by atoms with Gasteiger partial charge in [-0.05, 0) is 47.1 Å². The number of rotatable bonds is 5. The Morgan fingerprint density at radius 3 is 2.68 bits per heavy atom. The largest absolute Gasteiger partial charge is 0.313 e. The maximum absolute atomic E-state index is 4.55. The van der Waals surface area contributed by atoms with Gasteiger partial charge < -0.3 is 5.32 Å². The summed E-state index contributed by atoms with van der Waals surface area (Å²) >= 11 is 1.85. The van der Waals surface area contributed by atoms with Gasteiger partial charge in [0.15, 0.2) is 0 Å². The zero-order valence-electron chi connectivity index (χ0n) is 12.7. The van der Waals surface area contributed by atoms with Gasteiger partial charge in [-0.25, -0.2) is 4.98 Å². The Labute approximate surface area is 121 Å². The molecule has 1 aromatic rings. The molecule has 0 aliphatic carbocycles. The van der Waals surface area contributed by atoms with Crippen molar-refractivity contribution < 1.29 is 0 Å². The lowest BCUT2D eigenvalue weighted by Gasteiger charge is -2.33. The predicted octanol–water partition coefficient (Wildman–Crippen LogP) is 3.11. The van der Waals surface area contributed by atoms with Gasteiger partial charge in [0.1, 0.15) is 0 Å². The van der Waals surface area contributed by atoms with Crippen LogP contribution in [0.15, 0.2) is 0 Å². The second-order valence-electron chi connectivity index (χ2n) is 5.91. The van der Waals surface area contributed by atoms with Crippen LogP contribution in [0.25, 0.3) is 0 Å². The Kier molecular flexibility index (Phi) is 5.37. The summed E-state index contributed by atoms with van der Waals surface area (Å²) in [7, 11) is 0. The summed E-state index contributed by atoms with van der Waals surface area (Å²) in [6.07, 6.45) is 4.04. The quantitative estimate of drug-likeness (QED) is 0.899. The van der Waals surface area contributed by atoms with Crippen LogP contribution in [-0.4, -0.2) is 35.1 Å². The molecule has 0 radical (unpaired) electrons. The zero-order chi connectivity index (χ0) is 13.8. The first kappa shape index (κ1) is 14.9. The molecule has 0 bridgehead atoms. The van der Waals surface area contributed by atoms with E-state index in [0.717, 1.165) is 13.1 Å². The molecule has 0 amide bonds. The van der Waals surface area contributed by atoms with Gasteiger partial charge in [0, 0.05) is 30.1 Å². The van der Waals surface area contributed by atoms with Crippen LogP contribution >= 0.6 is 11.3 Å². The highest BCUT2D eigenvalue weighted by molar-refractivity contribution is 7.11. The topological polar surface area (TPSA) is 28.2 Å². The molecule has 0 saturated carbocycles. The van der Waals surface area contributed by atoms with Crippen molar-refractivity contribution in [2.45, 2.75) is 65.6 Å². The fourth-order valence-corrected chi connectivity index (χ4v) is 3.69. The molecule has 19 heavy (non-hydrogen) atoms. The Bertz CT molecular complexity index is 394. The van der Waals surface area contributed by atoms with Crippen LogP contribution in [0.1, 0.15) is 48.7 Å². The molecule has 1 unspecified atom stereocenters. The fraction of sp³-hybridized carbons (Fsp3) is 0.800. The van der Waals surface area contributed by atoms with Crippen molar-refractivity contribution in [3.63, 3.8) is 0 Å². The first-order chi connectivity index (χ1) is 9.06. The summed E-state index contributed by atoms with van der Waals surface area (Å²) in [5.41, 5.74) is 1.21. The molecule has 1 aliphatic rings. The Morgan fingerprint density at radius 2 is 2.16 bits per heavy atom. The van der Waals surface area contributed by atoms with E-state index < -0.39 is 0 Å². The molecule has 1 aromatic heterocycles. The minimum Gasteiger partial charge on any atom is -0.313 e. The van der Waals surface area contributed by atoms with Gasteiger partial charge in [0.2, 0.25) is 0 Å². The molecule has 1 N–H and O–H groups in total. The lowest BCUT2D eigenvalue weighted by atomic mass is 10.0. The summed E-state index contributed by atoms with van der Waals surface area (Å²) in [6, 6.07) is 1.26. The number of hydrogen-bond acceptors (Lipinski definition) is 4. The van der Waals surface area contributed by atoms with Crippen molar-refractivity contribution in [2.75, 3.05) is 13.1 Å². The highest BCUT2D eigenvalue weighted by Gasteiger charge is 2.20. The summed E-state index contributed by atoms with van der Waals surface area (Å²) in [4.78, 5) is 8.57. The minimum atomic E-state index is 0.588. The molecule has 4 heteroatoms. The maximum Gasteiger partial charge on any atom is 0.0900 e. The Morgan fingerprint density at radius 1 is 1.37 bits per heavy atom. The monoisotopic (exact) mass is 281 g/mol. The predicted molar refractivity (Wildman–Crippen MR) is 82.8 cm³/mol. The van der Waals surface area contributed by atoms with E-state index in [9.17, 15) is 0 Å². The molecule has 0 spiro atoms. The number of piperidine rings is 1. The molecule has 1 saturated heterocycles. The molecule has 1 atom stereocenters. The van der Waals surface area contributed by atoms with E-state index in [-0.39, 0.29) is 0 Å². The third-order valence-electron chi connectivity index (χ3n) is 3.94. The SMILES string of the molecule is Cc1nc(C)c(CN(CC2CCCCN2)C(C)C)s1. The minimum absolute atomic E-state index is 0.588. The highest BCUT2D eigenvalue weighted by atomic mass is 32.1. The van der Waals surface area contributed by atoms with Crippen LogP contribution < -0.4 is 5.32 Å². The smallest absolute Gasteiger partial charge is 0.0900 e. The van der Waals surface area contributed by atoms with Crippen LogP contribution in [-0.2, 0) is 6.54 Å². The normalized spacial score (nSPS) is 20.4. The molecule has 2 rings (SSSR count). The van der Waals surface area contributed by atoms with Crippen molar-refractivity contribution in [2.24, 2.45) is 0 Å². The average Bonchev–Trinajstić information content (AvgIpc) is 2.68. The van der Waals surface area contributed by atoms with Gasteiger partial charge in [-0.1, -0.05) is 6.42 Å². The Balaban J connectivity index is 1.97. The molecule has 1 fully saturated rings. The zero-order valence-corrected chi connectivity index (χ0v) is 13.5. The molecule has 108 valence electrons. The first-order valence-electron chi connectivity index (χ1n) is 7.46. The van der Waals surface area contributed by atoms with E-state index in [4.69, 9.17) is 0 Å². The number of hydrogen-bond donors (Lipinski definition) is 1.